The molecule has 4 rings (SSSR count). The summed E-state index contributed by atoms with van der Waals surface area (Å²) in [6.45, 7) is 3.20. The van der Waals surface area contributed by atoms with E-state index in [2.05, 4.69) is 26.3 Å². The number of hydrogen-bond donors (Lipinski definition) is 1. The van der Waals surface area contributed by atoms with Crippen molar-refractivity contribution in [2.45, 2.75) is 38.3 Å². The zero-order valence-electron chi connectivity index (χ0n) is 16.4. The van der Waals surface area contributed by atoms with Gasteiger partial charge in [-0.25, -0.2) is 4.68 Å². The summed E-state index contributed by atoms with van der Waals surface area (Å²) in [6.07, 6.45) is 4.34. The number of piperazine rings is 1. The molecule has 2 aromatic rings. The zero-order chi connectivity index (χ0) is 20.2. The lowest BCUT2D eigenvalue weighted by Crippen LogP contribution is -2.47. The van der Waals surface area contributed by atoms with Gasteiger partial charge in [-0.15, -0.1) is 0 Å². The molecule has 2 heterocycles. The summed E-state index contributed by atoms with van der Waals surface area (Å²) in [4.78, 5) is 28.9. The van der Waals surface area contributed by atoms with Gasteiger partial charge in [0.1, 0.15) is 12.4 Å². The van der Waals surface area contributed by atoms with Gasteiger partial charge in [0.05, 0.1) is 0 Å². The van der Waals surface area contributed by atoms with Crippen molar-refractivity contribution in [3.05, 3.63) is 51.8 Å². The molecule has 154 valence electrons. The molecule has 1 N–H and O–H groups in total. The Labute approximate surface area is 175 Å². The van der Waals surface area contributed by atoms with Crippen LogP contribution in [0.5, 0.6) is 0 Å². The SMILES string of the molecule is O=C(Cn1nc(N2CCN(c3cccc(Cl)c3)CC2)ccc1=O)NC1CCCC1. The highest BCUT2D eigenvalue weighted by Crippen LogP contribution is 2.22. The van der Waals surface area contributed by atoms with Gasteiger partial charge in [-0.05, 0) is 37.1 Å². The molecule has 0 unspecified atom stereocenters. The molecular weight excluding hydrogens is 390 g/mol. The quantitative estimate of drug-likeness (QED) is 0.811. The van der Waals surface area contributed by atoms with E-state index in [1.54, 1.807) is 6.07 Å². The Morgan fingerprint density at radius 3 is 2.52 bits per heavy atom. The van der Waals surface area contributed by atoms with Crippen molar-refractivity contribution in [3.63, 3.8) is 0 Å². The molecule has 0 atom stereocenters. The molecule has 1 amide bonds. The van der Waals surface area contributed by atoms with E-state index in [9.17, 15) is 9.59 Å². The average Bonchev–Trinajstić information content (AvgIpc) is 3.23. The van der Waals surface area contributed by atoms with Crippen molar-refractivity contribution >= 4 is 29.0 Å². The lowest BCUT2D eigenvalue weighted by atomic mass is 10.2. The van der Waals surface area contributed by atoms with Crippen LogP contribution < -0.4 is 20.7 Å². The highest BCUT2D eigenvalue weighted by atomic mass is 35.5. The zero-order valence-corrected chi connectivity index (χ0v) is 17.1. The minimum Gasteiger partial charge on any atom is -0.368 e. The summed E-state index contributed by atoms with van der Waals surface area (Å²) in [5.74, 6) is 0.582. The summed E-state index contributed by atoms with van der Waals surface area (Å²) in [5, 5.41) is 8.20. The van der Waals surface area contributed by atoms with E-state index in [0.717, 1.165) is 68.4 Å². The summed E-state index contributed by atoms with van der Waals surface area (Å²) in [6, 6.07) is 11.3. The predicted molar refractivity (Wildman–Crippen MR) is 115 cm³/mol. The van der Waals surface area contributed by atoms with Crippen molar-refractivity contribution in [1.82, 2.24) is 15.1 Å². The number of anilines is 2. The number of nitrogens with zero attached hydrogens (tertiary/aromatic N) is 4. The lowest BCUT2D eigenvalue weighted by molar-refractivity contribution is -0.122. The van der Waals surface area contributed by atoms with E-state index in [1.807, 2.05) is 18.2 Å². The van der Waals surface area contributed by atoms with Gasteiger partial charge < -0.3 is 15.1 Å². The first kappa shape index (κ1) is 19.8. The number of halogens is 1. The summed E-state index contributed by atoms with van der Waals surface area (Å²) in [5.41, 5.74) is 0.853. The van der Waals surface area contributed by atoms with E-state index in [-0.39, 0.29) is 24.1 Å². The number of hydrogen-bond acceptors (Lipinski definition) is 5. The van der Waals surface area contributed by atoms with Crippen LogP contribution >= 0.6 is 11.6 Å². The van der Waals surface area contributed by atoms with Crippen LogP contribution in [0.25, 0.3) is 0 Å². The molecular formula is C21H26ClN5O2. The molecule has 2 aliphatic rings. The largest absolute Gasteiger partial charge is 0.368 e. The standard InChI is InChI=1S/C21H26ClN5O2/c22-16-4-3-7-18(14-16)25-10-12-26(13-11-25)19-8-9-21(29)27(24-19)15-20(28)23-17-5-1-2-6-17/h3-4,7-9,14,17H,1-2,5-6,10-13,15H2,(H,23,28). The molecule has 1 saturated carbocycles. The van der Waals surface area contributed by atoms with Gasteiger partial charge in [0.2, 0.25) is 5.91 Å². The minimum atomic E-state index is -0.257. The van der Waals surface area contributed by atoms with Gasteiger partial charge in [-0.2, -0.15) is 5.10 Å². The first-order valence-corrected chi connectivity index (χ1v) is 10.6. The molecule has 8 heteroatoms. The maximum atomic E-state index is 12.3. The minimum absolute atomic E-state index is 0.0361. The second kappa shape index (κ2) is 8.86. The second-order valence-electron chi connectivity index (χ2n) is 7.69. The molecule has 7 nitrogen and oxygen atoms in total. The molecule has 0 radical (unpaired) electrons. The number of rotatable bonds is 5. The van der Waals surface area contributed by atoms with Crippen molar-refractivity contribution in [2.24, 2.45) is 0 Å². The molecule has 1 saturated heterocycles. The Kier molecular flexibility index (Phi) is 6.04. The molecule has 1 aliphatic carbocycles. The van der Waals surface area contributed by atoms with Crippen molar-refractivity contribution in [3.8, 4) is 0 Å². The molecule has 0 spiro atoms. The Bertz CT molecular complexity index is 917. The maximum Gasteiger partial charge on any atom is 0.267 e. The number of benzene rings is 1. The highest BCUT2D eigenvalue weighted by molar-refractivity contribution is 6.30. The van der Waals surface area contributed by atoms with Gasteiger partial charge in [-0.1, -0.05) is 30.5 Å². The van der Waals surface area contributed by atoms with E-state index in [1.165, 1.54) is 10.7 Å². The Hall–Kier alpha value is -2.54. The van der Waals surface area contributed by atoms with Crippen LogP contribution in [0, 0.1) is 0 Å². The maximum absolute atomic E-state index is 12.3. The molecule has 2 fully saturated rings. The van der Waals surface area contributed by atoms with Gasteiger partial charge in [-0.3, -0.25) is 9.59 Å². The predicted octanol–water partition coefficient (Wildman–Crippen LogP) is 2.28. The Balaban J connectivity index is 1.38. The number of amides is 1. The Morgan fingerprint density at radius 2 is 1.79 bits per heavy atom. The third-order valence-corrected chi connectivity index (χ3v) is 5.88. The van der Waals surface area contributed by atoms with Crippen molar-refractivity contribution in [1.29, 1.82) is 0 Å². The first-order valence-electron chi connectivity index (χ1n) is 10.2. The average molecular weight is 416 g/mol. The third-order valence-electron chi connectivity index (χ3n) is 5.64. The van der Waals surface area contributed by atoms with Crippen LogP contribution in [-0.4, -0.2) is 47.9 Å². The fraction of sp³-hybridized carbons (Fsp3) is 0.476. The highest BCUT2D eigenvalue weighted by Gasteiger charge is 2.21. The summed E-state index contributed by atoms with van der Waals surface area (Å²) in [7, 11) is 0. The number of nitrogens with one attached hydrogen (secondary N) is 1. The van der Waals surface area contributed by atoms with Crippen LogP contribution in [0.3, 0.4) is 0 Å². The fourth-order valence-corrected chi connectivity index (χ4v) is 4.25. The topological polar surface area (TPSA) is 70.5 Å². The Morgan fingerprint density at radius 1 is 1.07 bits per heavy atom. The molecule has 29 heavy (non-hydrogen) atoms. The van der Waals surface area contributed by atoms with Crippen molar-refractivity contribution < 1.29 is 4.79 Å². The third kappa shape index (κ3) is 4.90. The normalized spacial score (nSPS) is 17.6. The van der Waals surface area contributed by atoms with E-state index in [0.29, 0.717) is 0 Å². The number of carbonyl (C=O) groups is 1. The lowest BCUT2D eigenvalue weighted by Gasteiger charge is -2.36. The molecule has 1 aromatic carbocycles. The number of aromatic nitrogens is 2. The van der Waals surface area contributed by atoms with Crippen LogP contribution in [0.1, 0.15) is 25.7 Å². The molecule has 1 aliphatic heterocycles. The van der Waals surface area contributed by atoms with Gasteiger partial charge >= 0.3 is 0 Å². The summed E-state index contributed by atoms with van der Waals surface area (Å²) < 4.78 is 1.27. The van der Waals surface area contributed by atoms with Crippen LogP contribution in [-0.2, 0) is 11.3 Å². The van der Waals surface area contributed by atoms with Crippen LogP contribution in [0.4, 0.5) is 11.5 Å². The van der Waals surface area contributed by atoms with Gasteiger partial charge in [0.15, 0.2) is 0 Å². The first-order chi connectivity index (χ1) is 14.1. The smallest absolute Gasteiger partial charge is 0.267 e. The molecule has 1 aromatic heterocycles. The summed E-state index contributed by atoms with van der Waals surface area (Å²) >= 11 is 6.10. The fourth-order valence-electron chi connectivity index (χ4n) is 4.07. The van der Waals surface area contributed by atoms with Crippen molar-refractivity contribution in [2.75, 3.05) is 36.0 Å². The van der Waals surface area contributed by atoms with Gasteiger partial charge in [0, 0.05) is 49.0 Å². The van der Waals surface area contributed by atoms with Crippen LogP contribution in [0.2, 0.25) is 5.02 Å². The molecule has 0 bridgehead atoms. The van der Waals surface area contributed by atoms with E-state index >= 15 is 0 Å². The van der Waals surface area contributed by atoms with E-state index in [4.69, 9.17) is 11.6 Å². The van der Waals surface area contributed by atoms with Gasteiger partial charge in [0.25, 0.3) is 5.56 Å². The number of carbonyl (C=O) groups excluding carboxylic acids is 1. The monoisotopic (exact) mass is 415 g/mol. The van der Waals surface area contributed by atoms with Crippen LogP contribution in [0.15, 0.2) is 41.2 Å². The second-order valence-corrected chi connectivity index (χ2v) is 8.13. The van der Waals surface area contributed by atoms with E-state index < -0.39 is 0 Å².